The molecular formula is C11H16O. The summed E-state index contributed by atoms with van der Waals surface area (Å²) in [5.74, 6) is 0.290. The van der Waals surface area contributed by atoms with Crippen molar-refractivity contribution in [3.05, 3.63) is 23.3 Å². The zero-order chi connectivity index (χ0) is 8.97. The number of hydrogen-bond acceptors (Lipinski definition) is 1. The Bertz CT molecular complexity index is 209. The molecule has 1 aliphatic carbocycles. The van der Waals surface area contributed by atoms with E-state index in [-0.39, 0.29) is 0 Å². The molecule has 0 N–H and O–H groups in total. The molecule has 0 spiro atoms. The standard InChI is InChI=1S/C11H16O/c1-3-5-9-7-8-10(6-4-2)11(9)12/h5-6H,3-4,7-8H2,1-2H3. The van der Waals surface area contributed by atoms with E-state index in [1.807, 2.05) is 0 Å². The van der Waals surface area contributed by atoms with Gasteiger partial charge in [-0.2, -0.15) is 0 Å². The van der Waals surface area contributed by atoms with Crippen molar-refractivity contribution in [2.75, 3.05) is 0 Å². The molecule has 1 aliphatic rings. The van der Waals surface area contributed by atoms with Crippen molar-refractivity contribution in [3.8, 4) is 0 Å². The van der Waals surface area contributed by atoms with E-state index in [1.165, 1.54) is 0 Å². The lowest BCUT2D eigenvalue weighted by Gasteiger charge is -1.92. The number of rotatable bonds is 2. The minimum atomic E-state index is 0.290. The first kappa shape index (κ1) is 9.24. The average Bonchev–Trinajstić information content (AvgIpc) is 2.38. The number of hydrogen-bond donors (Lipinski definition) is 0. The van der Waals surface area contributed by atoms with Crippen LogP contribution in [0.25, 0.3) is 0 Å². The summed E-state index contributed by atoms with van der Waals surface area (Å²) in [6.45, 7) is 4.14. The molecule has 0 aromatic heterocycles. The van der Waals surface area contributed by atoms with E-state index in [2.05, 4.69) is 26.0 Å². The normalized spacial score (nSPS) is 24.3. The van der Waals surface area contributed by atoms with Crippen LogP contribution in [0.1, 0.15) is 39.5 Å². The first-order chi connectivity index (χ1) is 5.79. The summed E-state index contributed by atoms with van der Waals surface area (Å²) in [4.78, 5) is 11.5. The van der Waals surface area contributed by atoms with Crippen LogP contribution in [0.5, 0.6) is 0 Å². The minimum Gasteiger partial charge on any atom is -0.289 e. The van der Waals surface area contributed by atoms with Crippen LogP contribution in [-0.2, 0) is 4.79 Å². The largest absolute Gasteiger partial charge is 0.289 e. The molecule has 1 rings (SSSR count). The van der Waals surface area contributed by atoms with Gasteiger partial charge in [0.1, 0.15) is 0 Å². The highest BCUT2D eigenvalue weighted by Crippen LogP contribution is 2.26. The molecule has 0 radical (unpaired) electrons. The highest BCUT2D eigenvalue weighted by molar-refractivity contribution is 6.10. The third-order valence-corrected chi connectivity index (χ3v) is 2.15. The van der Waals surface area contributed by atoms with Gasteiger partial charge in [-0.3, -0.25) is 4.79 Å². The Hall–Kier alpha value is -0.850. The second-order valence-corrected chi connectivity index (χ2v) is 3.10. The van der Waals surface area contributed by atoms with Gasteiger partial charge in [-0.25, -0.2) is 0 Å². The maximum atomic E-state index is 11.5. The third kappa shape index (κ3) is 1.84. The summed E-state index contributed by atoms with van der Waals surface area (Å²) >= 11 is 0. The highest BCUT2D eigenvalue weighted by Gasteiger charge is 2.21. The Balaban J connectivity index is 2.74. The predicted octanol–water partition coefficient (Wildman–Crippen LogP) is 3.02. The van der Waals surface area contributed by atoms with Crippen molar-refractivity contribution in [3.63, 3.8) is 0 Å². The van der Waals surface area contributed by atoms with E-state index in [0.717, 1.165) is 36.8 Å². The zero-order valence-corrected chi connectivity index (χ0v) is 7.89. The molecule has 12 heavy (non-hydrogen) atoms. The fourth-order valence-corrected chi connectivity index (χ4v) is 1.58. The molecule has 0 heterocycles. The minimum absolute atomic E-state index is 0.290. The maximum Gasteiger partial charge on any atom is 0.184 e. The van der Waals surface area contributed by atoms with E-state index < -0.39 is 0 Å². The lowest BCUT2D eigenvalue weighted by molar-refractivity contribution is -0.111. The van der Waals surface area contributed by atoms with Gasteiger partial charge in [-0.1, -0.05) is 26.0 Å². The Morgan fingerprint density at radius 1 is 1.08 bits per heavy atom. The average molecular weight is 164 g/mol. The number of allylic oxidation sites excluding steroid dienone is 4. The van der Waals surface area contributed by atoms with E-state index in [0.29, 0.717) is 5.78 Å². The van der Waals surface area contributed by atoms with Gasteiger partial charge in [0.2, 0.25) is 0 Å². The summed E-state index contributed by atoms with van der Waals surface area (Å²) < 4.78 is 0. The molecule has 1 saturated carbocycles. The first-order valence-corrected chi connectivity index (χ1v) is 4.72. The van der Waals surface area contributed by atoms with E-state index >= 15 is 0 Å². The smallest absolute Gasteiger partial charge is 0.184 e. The summed E-state index contributed by atoms with van der Waals surface area (Å²) in [6.07, 6.45) is 7.97. The lowest BCUT2D eigenvalue weighted by Crippen LogP contribution is -1.94. The SMILES string of the molecule is CCC=C1CCC(=CCC)C1=O. The Labute approximate surface area is 74.2 Å². The van der Waals surface area contributed by atoms with Crippen molar-refractivity contribution >= 4 is 5.78 Å². The van der Waals surface area contributed by atoms with Crippen LogP contribution in [0, 0.1) is 0 Å². The lowest BCUT2D eigenvalue weighted by atomic mass is 10.1. The van der Waals surface area contributed by atoms with Crippen LogP contribution in [0.3, 0.4) is 0 Å². The first-order valence-electron chi connectivity index (χ1n) is 4.72. The molecule has 0 amide bonds. The fourth-order valence-electron chi connectivity index (χ4n) is 1.58. The van der Waals surface area contributed by atoms with Gasteiger partial charge < -0.3 is 0 Å². The Morgan fingerprint density at radius 3 is 1.83 bits per heavy atom. The van der Waals surface area contributed by atoms with Crippen molar-refractivity contribution < 1.29 is 4.79 Å². The van der Waals surface area contributed by atoms with Gasteiger partial charge >= 0.3 is 0 Å². The molecule has 0 saturated heterocycles. The number of Topliss-reactive ketones (excluding diaryl/α,β-unsaturated/α-hetero) is 1. The van der Waals surface area contributed by atoms with Gasteiger partial charge in [0.25, 0.3) is 0 Å². The second kappa shape index (κ2) is 4.24. The molecule has 1 heteroatoms. The third-order valence-electron chi connectivity index (χ3n) is 2.15. The van der Waals surface area contributed by atoms with E-state index in [9.17, 15) is 4.79 Å². The molecule has 1 nitrogen and oxygen atoms in total. The molecule has 66 valence electrons. The topological polar surface area (TPSA) is 17.1 Å². The maximum absolute atomic E-state index is 11.5. The van der Waals surface area contributed by atoms with Crippen LogP contribution < -0.4 is 0 Å². The Kier molecular flexibility index (Phi) is 3.27. The van der Waals surface area contributed by atoms with Crippen molar-refractivity contribution in [1.29, 1.82) is 0 Å². The van der Waals surface area contributed by atoms with Crippen molar-refractivity contribution in [2.24, 2.45) is 0 Å². The quantitative estimate of drug-likeness (QED) is 0.573. The second-order valence-electron chi connectivity index (χ2n) is 3.10. The molecule has 1 fully saturated rings. The molecule has 0 aromatic carbocycles. The van der Waals surface area contributed by atoms with Gasteiger partial charge in [0, 0.05) is 0 Å². The fraction of sp³-hybridized carbons (Fsp3) is 0.545. The number of carbonyl (C=O) groups excluding carboxylic acids is 1. The summed E-state index contributed by atoms with van der Waals surface area (Å²) in [7, 11) is 0. The van der Waals surface area contributed by atoms with Crippen LogP contribution in [0.15, 0.2) is 23.3 Å². The van der Waals surface area contributed by atoms with Crippen LogP contribution in [-0.4, -0.2) is 5.78 Å². The zero-order valence-electron chi connectivity index (χ0n) is 7.89. The van der Waals surface area contributed by atoms with Gasteiger partial charge in [0.15, 0.2) is 5.78 Å². The monoisotopic (exact) mass is 164 g/mol. The van der Waals surface area contributed by atoms with E-state index in [1.54, 1.807) is 0 Å². The predicted molar refractivity (Wildman–Crippen MR) is 51.0 cm³/mol. The molecular weight excluding hydrogens is 148 g/mol. The summed E-state index contributed by atoms with van der Waals surface area (Å²) in [5, 5.41) is 0. The van der Waals surface area contributed by atoms with E-state index in [4.69, 9.17) is 0 Å². The van der Waals surface area contributed by atoms with Gasteiger partial charge in [0.05, 0.1) is 0 Å². The van der Waals surface area contributed by atoms with Gasteiger partial charge in [-0.05, 0) is 36.8 Å². The number of carbonyl (C=O) groups is 1. The van der Waals surface area contributed by atoms with Crippen LogP contribution >= 0.6 is 0 Å². The molecule has 0 bridgehead atoms. The van der Waals surface area contributed by atoms with Crippen molar-refractivity contribution in [1.82, 2.24) is 0 Å². The summed E-state index contributed by atoms with van der Waals surface area (Å²) in [6, 6.07) is 0. The molecule has 0 atom stereocenters. The Morgan fingerprint density at radius 2 is 1.50 bits per heavy atom. The van der Waals surface area contributed by atoms with Crippen LogP contribution in [0.4, 0.5) is 0 Å². The summed E-state index contributed by atoms with van der Waals surface area (Å²) in [5.41, 5.74) is 2.05. The molecule has 0 unspecified atom stereocenters. The van der Waals surface area contributed by atoms with Gasteiger partial charge in [-0.15, -0.1) is 0 Å². The highest BCUT2D eigenvalue weighted by atomic mass is 16.1. The van der Waals surface area contributed by atoms with Crippen LogP contribution in [0.2, 0.25) is 0 Å². The number of ketones is 1. The molecule has 0 aliphatic heterocycles. The molecule has 0 aromatic rings. The van der Waals surface area contributed by atoms with Crippen molar-refractivity contribution in [2.45, 2.75) is 39.5 Å².